The molecule has 0 amide bonds. The van der Waals surface area contributed by atoms with Gasteiger partial charge in [0.25, 0.3) is 5.69 Å². The number of nitrogens with zero attached hydrogens (tertiary/aromatic N) is 2. The van der Waals surface area contributed by atoms with Crippen molar-refractivity contribution in [2.45, 2.75) is 31.8 Å². The molecule has 0 unspecified atom stereocenters. The Kier molecular flexibility index (Phi) is 4.23. The molecule has 4 rings (SSSR count). The molecule has 29 heavy (non-hydrogen) atoms. The second kappa shape index (κ2) is 6.31. The van der Waals surface area contributed by atoms with Crippen molar-refractivity contribution in [2.24, 2.45) is 5.92 Å². The van der Waals surface area contributed by atoms with Gasteiger partial charge in [0.05, 0.1) is 22.2 Å². The number of thiocarbonyl (C=S) groups is 1. The van der Waals surface area contributed by atoms with Gasteiger partial charge in [-0.1, -0.05) is 19.1 Å². The van der Waals surface area contributed by atoms with E-state index >= 15 is 0 Å². The highest BCUT2D eigenvalue weighted by Gasteiger charge is 2.55. The van der Waals surface area contributed by atoms with E-state index in [4.69, 9.17) is 17.0 Å². The van der Waals surface area contributed by atoms with Crippen molar-refractivity contribution in [3.63, 3.8) is 0 Å². The van der Waals surface area contributed by atoms with E-state index in [2.05, 4.69) is 5.32 Å². The third-order valence-corrected chi connectivity index (χ3v) is 5.88. The minimum atomic E-state index is -4.57. The first kappa shape index (κ1) is 19.4. The molecular formula is C19H16F3N3O3S. The Hall–Kier alpha value is -2.88. The fourth-order valence-corrected chi connectivity index (χ4v) is 4.39. The second-order valence-electron chi connectivity index (χ2n) is 7.20. The van der Waals surface area contributed by atoms with Gasteiger partial charge >= 0.3 is 6.18 Å². The van der Waals surface area contributed by atoms with Gasteiger partial charge in [-0.3, -0.25) is 15.0 Å². The molecule has 0 aromatic heterocycles. The molecule has 2 aromatic carbocycles. The molecular weight excluding hydrogens is 407 g/mol. The molecule has 1 saturated heterocycles. The van der Waals surface area contributed by atoms with Crippen molar-refractivity contribution in [3.05, 3.63) is 63.7 Å². The first-order valence-electron chi connectivity index (χ1n) is 8.78. The van der Waals surface area contributed by atoms with Crippen LogP contribution in [0.4, 0.5) is 24.5 Å². The lowest BCUT2D eigenvalue weighted by molar-refractivity contribution is -0.385. The van der Waals surface area contributed by atoms with Gasteiger partial charge in [0, 0.05) is 23.6 Å². The highest BCUT2D eigenvalue weighted by molar-refractivity contribution is 7.80. The summed E-state index contributed by atoms with van der Waals surface area (Å²) in [5, 5.41) is 14.3. The van der Waals surface area contributed by atoms with Crippen molar-refractivity contribution >= 4 is 28.7 Å². The third-order valence-electron chi connectivity index (χ3n) is 5.58. The average Bonchev–Trinajstić information content (AvgIpc) is 2.63. The Balaban J connectivity index is 1.87. The van der Waals surface area contributed by atoms with Crippen LogP contribution >= 0.6 is 12.2 Å². The predicted octanol–water partition coefficient (Wildman–Crippen LogP) is 4.79. The SMILES string of the molecule is C[C@H]1[C@H]2NC(=S)N(c3ccccc3C(F)(F)F)[C@@]1(C)Oc1ccc([N+](=O)[O-])cc12. The Bertz CT molecular complexity index is 1030. The van der Waals surface area contributed by atoms with Crippen molar-refractivity contribution in [2.75, 3.05) is 4.90 Å². The zero-order valence-corrected chi connectivity index (χ0v) is 16.2. The minimum absolute atomic E-state index is 0.0597. The van der Waals surface area contributed by atoms with E-state index in [1.54, 1.807) is 6.92 Å². The Labute approximate surface area is 169 Å². The molecule has 2 heterocycles. The Morgan fingerprint density at radius 2 is 1.97 bits per heavy atom. The fourth-order valence-electron chi connectivity index (χ4n) is 3.99. The van der Waals surface area contributed by atoms with E-state index in [1.165, 1.54) is 41.3 Å². The number of hydrogen-bond donors (Lipinski definition) is 1. The van der Waals surface area contributed by atoms with Gasteiger partial charge in [-0.15, -0.1) is 0 Å². The monoisotopic (exact) mass is 423 g/mol. The number of fused-ring (bicyclic) bond motifs is 4. The smallest absolute Gasteiger partial charge is 0.418 e. The van der Waals surface area contributed by atoms with E-state index in [0.29, 0.717) is 11.3 Å². The number of benzene rings is 2. The van der Waals surface area contributed by atoms with E-state index in [1.807, 2.05) is 6.92 Å². The third kappa shape index (κ3) is 2.89. The number of hydrogen-bond acceptors (Lipinski definition) is 4. The lowest BCUT2D eigenvalue weighted by atomic mass is 9.80. The molecule has 6 nitrogen and oxygen atoms in total. The van der Waals surface area contributed by atoms with Crippen LogP contribution in [0.5, 0.6) is 5.75 Å². The largest absolute Gasteiger partial charge is 0.467 e. The Morgan fingerprint density at radius 1 is 1.28 bits per heavy atom. The zero-order valence-electron chi connectivity index (χ0n) is 15.4. The summed E-state index contributed by atoms with van der Waals surface area (Å²) >= 11 is 5.42. The topological polar surface area (TPSA) is 67.6 Å². The summed E-state index contributed by atoms with van der Waals surface area (Å²) in [5.74, 6) is -0.00400. The molecule has 1 N–H and O–H groups in total. The molecule has 0 aliphatic carbocycles. The van der Waals surface area contributed by atoms with Crippen LogP contribution in [-0.2, 0) is 6.18 Å². The molecule has 2 aromatic rings. The molecule has 152 valence electrons. The summed E-state index contributed by atoms with van der Waals surface area (Å²) in [4.78, 5) is 12.0. The minimum Gasteiger partial charge on any atom is -0.467 e. The van der Waals surface area contributed by atoms with Crippen molar-refractivity contribution < 1.29 is 22.8 Å². The molecule has 0 spiro atoms. The predicted molar refractivity (Wildman–Crippen MR) is 104 cm³/mol. The maximum Gasteiger partial charge on any atom is 0.418 e. The number of nitro groups is 1. The number of nitrogens with one attached hydrogen (secondary N) is 1. The second-order valence-corrected chi connectivity index (χ2v) is 7.59. The highest BCUT2D eigenvalue weighted by Crippen LogP contribution is 2.51. The molecule has 2 aliphatic rings. The molecule has 10 heteroatoms. The molecule has 2 aliphatic heterocycles. The van der Waals surface area contributed by atoms with Gasteiger partial charge in [-0.2, -0.15) is 13.2 Å². The van der Waals surface area contributed by atoms with Crippen molar-refractivity contribution in [1.82, 2.24) is 5.32 Å². The first-order valence-corrected chi connectivity index (χ1v) is 9.19. The molecule has 1 fully saturated rings. The lowest BCUT2D eigenvalue weighted by Gasteiger charge is -2.56. The van der Waals surface area contributed by atoms with Gasteiger partial charge in [0.2, 0.25) is 0 Å². The number of halogens is 3. The highest BCUT2D eigenvalue weighted by atomic mass is 32.1. The molecule has 2 bridgehead atoms. The van der Waals surface area contributed by atoms with E-state index in [-0.39, 0.29) is 22.4 Å². The van der Waals surface area contributed by atoms with Gasteiger partial charge < -0.3 is 10.1 Å². The van der Waals surface area contributed by atoms with Gasteiger partial charge in [-0.25, -0.2) is 0 Å². The van der Waals surface area contributed by atoms with E-state index < -0.39 is 28.4 Å². The van der Waals surface area contributed by atoms with Crippen molar-refractivity contribution in [3.8, 4) is 5.75 Å². The zero-order chi connectivity index (χ0) is 21.1. The average molecular weight is 423 g/mol. The maximum atomic E-state index is 13.6. The number of nitro benzene ring substituents is 1. The van der Waals surface area contributed by atoms with Crippen LogP contribution in [0.25, 0.3) is 0 Å². The van der Waals surface area contributed by atoms with Crippen LogP contribution < -0.4 is 15.0 Å². The Morgan fingerprint density at radius 3 is 2.62 bits per heavy atom. The first-order chi connectivity index (χ1) is 13.5. The standard InChI is InChI=1S/C19H16F3N3O3S/c1-10-16-12-9-11(25(26)27)7-8-15(12)28-18(10,2)24(17(29)23-16)14-6-4-3-5-13(14)19(20,21)22/h3-10,16H,1-2H3,(H,23,29)/t10-,16+,18-/m0/s1. The number of ether oxygens (including phenoxy) is 1. The van der Waals surface area contributed by atoms with Crippen LogP contribution in [0.3, 0.4) is 0 Å². The summed E-state index contributed by atoms with van der Waals surface area (Å²) in [6.07, 6.45) is -4.57. The quantitative estimate of drug-likeness (QED) is 0.425. The summed E-state index contributed by atoms with van der Waals surface area (Å²) in [6.45, 7) is 3.49. The molecule has 0 saturated carbocycles. The van der Waals surface area contributed by atoms with Gasteiger partial charge in [0.1, 0.15) is 5.75 Å². The number of para-hydroxylation sites is 1. The fraction of sp³-hybridized carbons (Fsp3) is 0.316. The van der Waals surface area contributed by atoms with Crippen LogP contribution in [0.15, 0.2) is 42.5 Å². The summed E-state index contributed by atoms with van der Waals surface area (Å²) in [6, 6.07) is 8.91. The van der Waals surface area contributed by atoms with Gasteiger partial charge in [0.15, 0.2) is 10.8 Å². The molecule has 0 radical (unpaired) electrons. The van der Waals surface area contributed by atoms with Crippen LogP contribution in [0.1, 0.15) is 31.0 Å². The normalized spacial score (nSPS) is 25.7. The number of rotatable bonds is 2. The summed E-state index contributed by atoms with van der Waals surface area (Å²) < 4.78 is 47.1. The number of alkyl halides is 3. The van der Waals surface area contributed by atoms with Crippen molar-refractivity contribution in [1.29, 1.82) is 0 Å². The number of non-ortho nitro benzene ring substituents is 1. The van der Waals surface area contributed by atoms with Crippen LogP contribution in [0, 0.1) is 16.0 Å². The van der Waals surface area contributed by atoms with Gasteiger partial charge in [-0.05, 0) is 37.3 Å². The van der Waals surface area contributed by atoms with E-state index in [0.717, 1.165) is 6.07 Å². The summed E-state index contributed by atoms with van der Waals surface area (Å²) in [5.41, 5.74) is -1.71. The maximum absolute atomic E-state index is 13.6. The van der Waals surface area contributed by atoms with Crippen LogP contribution in [-0.4, -0.2) is 15.8 Å². The van der Waals surface area contributed by atoms with E-state index in [9.17, 15) is 23.3 Å². The molecule has 3 atom stereocenters. The summed E-state index contributed by atoms with van der Waals surface area (Å²) in [7, 11) is 0. The van der Waals surface area contributed by atoms with Crippen LogP contribution in [0.2, 0.25) is 0 Å². The number of anilines is 1. The lowest BCUT2D eigenvalue weighted by Crippen LogP contribution is -2.69.